The number of hydrogen-bond acceptors (Lipinski definition) is 3. The summed E-state index contributed by atoms with van der Waals surface area (Å²) in [6, 6.07) is 17.4. The molecule has 0 bridgehead atoms. The number of fused-ring (bicyclic) bond motifs is 3. The Hall–Kier alpha value is -3.46. The first-order chi connectivity index (χ1) is 16.8. The second-order valence-corrected chi connectivity index (χ2v) is 10.6. The molecule has 1 aliphatic rings. The summed E-state index contributed by atoms with van der Waals surface area (Å²) in [5, 5.41) is 2.23. The van der Waals surface area contributed by atoms with Gasteiger partial charge in [0.1, 0.15) is 5.42 Å². The molecule has 5 rings (SSSR count). The van der Waals surface area contributed by atoms with Crippen molar-refractivity contribution in [2.45, 2.75) is 59.8 Å². The van der Waals surface area contributed by atoms with Gasteiger partial charge in [-0.1, -0.05) is 75.8 Å². The van der Waals surface area contributed by atoms with E-state index in [0.29, 0.717) is 0 Å². The van der Waals surface area contributed by atoms with E-state index in [0.717, 1.165) is 57.1 Å². The Morgan fingerprint density at radius 1 is 1.09 bits per heavy atom. The van der Waals surface area contributed by atoms with Crippen molar-refractivity contribution < 1.29 is 4.42 Å². The Balaban J connectivity index is 1.67. The van der Waals surface area contributed by atoms with Gasteiger partial charge in [0.15, 0.2) is 0 Å². The summed E-state index contributed by atoms with van der Waals surface area (Å²) in [6.45, 7) is 13.2. The number of aryl methyl sites for hydroxylation is 1. The van der Waals surface area contributed by atoms with Crippen molar-refractivity contribution in [3.63, 3.8) is 0 Å². The summed E-state index contributed by atoms with van der Waals surface area (Å²) in [6.07, 6.45) is 8.33. The van der Waals surface area contributed by atoms with E-state index in [9.17, 15) is 0 Å². The smallest absolute Gasteiger partial charge is 0.227 e. The molecular weight excluding hydrogens is 428 g/mol. The van der Waals surface area contributed by atoms with Crippen LogP contribution in [0.4, 0.5) is 0 Å². The van der Waals surface area contributed by atoms with Crippen molar-refractivity contribution in [1.29, 1.82) is 0 Å². The van der Waals surface area contributed by atoms with Crippen molar-refractivity contribution in [2.75, 3.05) is 0 Å². The predicted molar refractivity (Wildman–Crippen MR) is 146 cm³/mol. The topological polar surface area (TPSA) is 38.9 Å². The summed E-state index contributed by atoms with van der Waals surface area (Å²) >= 11 is 0. The molecule has 4 aromatic rings. The van der Waals surface area contributed by atoms with Crippen LogP contribution in [0.25, 0.3) is 33.9 Å². The number of rotatable bonds is 4. The van der Waals surface area contributed by atoms with Crippen molar-refractivity contribution >= 4 is 22.7 Å². The fourth-order valence-corrected chi connectivity index (χ4v) is 4.95. The lowest BCUT2D eigenvalue weighted by atomic mass is 9.83. The summed E-state index contributed by atoms with van der Waals surface area (Å²) in [5.74, 6) is 0.237. The number of allylic oxidation sites excluding steroid dienone is 2. The van der Waals surface area contributed by atoms with E-state index >= 15 is 0 Å². The van der Waals surface area contributed by atoms with Crippen molar-refractivity contribution in [3.8, 4) is 11.1 Å². The van der Waals surface area contributed by atoms with Gasteiger partial charge in [-0.3, -0.25) is 4.98 Å². The molecule has 0 spiro atoms. The van der Waals surface area contributed by atoms with E-state index in [2.05, 4.69) is 102 Å². The molecule has 1 aliphatic carbocycles. The van der Waals surface area contributed by atoms with Crippen molar-refractivity contribution in [2.24, 2.45) is 5.92 Å². The average Bonchev–Trinajstić information content (AvgIpc) is 3.25. The molecule has 3 nitrogen and oxygen atoms in total. The Labute approximate surface area is 207 Å². The van der Waals surface area contributed by atoms with Gasteiger partial charge in [0, 0.05) is 39.6 Å². The van der Waals surface area contributed by atoms with E-state index in [4.69, 9.17) is 14.4 Å². The van der Waals surface area contributed by atoms with Crippen LogP contribution in [-0.2, 0) is 11.8 Å². The van der Waals surface area contributed by atoms with Crippen LogP contribution in [0.1, 0.15) is 64.9 Å². The summed E-state index contributed by atoms with van der Waals surface area (Å²) < 4.78 is 6.45. The quantitative estimate of drug-likeness (QED) is 0.316. The van der Waals surface area contributed by atoms with Gasteiger partial charge in [-0.15, -0.1) is 0 Å². The Morgan fingerprint density at radius 2 is 1.91 bits per heavy atom. The van der Waals surface area contributed by atoms with Crippen LogP contribution in [0.15, 0.2) is 70.8 Å². The highest BCUT2D eigenvalue weighted by Gasteiger charge is 2.25. The van der Waals surface area contributed by atoms with Gasteiger partial charge in [0.05, 0.1) is 5.69 Å². The fourth-order valence-electron chi connectivity index (χ4n) is 4.95. The number of furan rings is 1. The minimum Gasteiger partial charge on any atom is -0.437 e. The van der Waals surface area contributed by atoms with E-state index < -0.39 is 0 Å². The SMILES string of the molecule is CC=C(C)C1CC=c2c(oc3nc(CC)ccc23)=C1c1ccc(-c2cccc(C(C)(C)C)c2)cn1. The molecule has 0 N–H and O–H groups in total. The summed E-state index contributed by atoms with van der Waals surface area (Å²) in [7, 11) is 0. The molecule has 35 heavy (non-hydrogen) atoms. The lowest BCUT2D eigenvalue weighted by Gasteiger charge is -2.22. The van der Waals surface area contributed by atoms with Crippen LogP contribution >= 0.6 is 0 Å². The number of benzene rings is 1. The molecule has 1 unspecified atom stereocenters. The molecule has 3 heterocycles. The summed E-state index contributed by atoms with van der Waals surface area (Å²) in [5.41, 5.74) is 9.89. The van der Waals surface area contributed by atoms with Gasteiger partial charge in [-0.05, 0) is 61.4 Å². The maximum absolute atomic E-state index is 6.45. The van der Waals surface area contributed by atoms with Crippen LogP contribution in [0, 0.1) is 5.92 Å². The number of aromatic nitrogens is 2. The second kappa shape index (κ2) is 8.96. The number of nitrogens with zero attached hydrogens (tertiary/aromatic N) is 2. The highest BCUT2D eigenvalue weighted by molar-refractivity contribution is 5.80. The van der Waals surface area contributed by atoms with Gasteiger partial charge < -0.3 is 4.42 Å². The number of hydrogen-bond donors (Lipinski definition) is 0. The van der Waals surface area contributed by atoms with Gasteiger partial charge in [-0.25, -0.2) is 4.98 Å². The van der Waals surface area contributed by atoms with E-state index in [1.165, 1.54) is 16.7 Å². The highest BCUT2D eigenvalue weighted by Crippen LogP contribution is 2.33. The monoisotopic (exact) mass is 462 g/mol. The molecule has 0 saturated carbocycles. The molecule has 0 fully saturated rings. The summed E-state index contributed by atoms with van der Waals surface area (Å²) in [4.78, 5) is 9.75. The standard InChI is InChI=1S/C32H34N2O/c1-7-20(3)25-15-16-26-27-14-13-24(8-2)34-31(27)35-30(26)29(25)28-17-12-22(19-33-28)21-10-9-11-23(18-21)32(4,5)6/h7,9-14,16-19,25H,8,15H2,1-6H3. The molecule has 0 aliphatic heterocycles. The molecule has 3 heteroatoms. The first-order valence-electron chi connectivity index (χ1n) is 12.6. The van der Waals surface area contributed by atoms with Crippen molar-refractivity contribution in [1.82, 2.24) is 9.97 Å². The third-order valence-electron chi connectivity index (χ3n) is 7.27. The van der Waals surface area contributed by atoms with Crippen LogP contribution in [-0.4, -0.2) is 9.97 Å². The molecule has 0 radical (unpaired) electrons. The Kier molecular flexibility index (Phi) is 5.96. The van der Waals surface area contributed by atoms with E-state index in [1.54, 1.807) is 0 Å². The molecular formula is C32H34N2O. The average molecular weight is 463 g/mol. The third kappa shape index (κ3) is 4.25. The number of pyridine rings is 2. The van der Waals surface area contributed by atoms with Gasteiger partial charge in [0.2, 0.25) is 5.71 Å². The minimum atomic E-state index is 0.110. The fraction of sp³-hybridized carbons (Fsp3) is 0.312. The minimum absolute atomic E-state index is 0.110. The Morgan fingerprint density at radius 3 is 2.60 bits per heavy atom. The lowest BCUT2D eigenvalue weighted by Crippen LogP contribution is -2.31. The Bertz CT molecular complexity index is 1550. The zero-order valence-corrected chi connectivity index (χ0v) is 21.6. The van der Waals surface area contributed by atoms with E-state index in [1.807, 2.05) is 6.20 Å². The molecule has 178 valence electrons. The van der Waals surface area contributed by atoms with Gasteiger partial charge in [-0.2, -0.15) is 0 Å². The molecule has 0 saturated heterocycles. The first kappa shape index (κ1) is 23.3. The normalized spacial score (nSPS) is 16.3. The molecule has 1 atom stereocenters. The van der Waals surface area contributed by atoms with Crippen LogP contribution in [0.5, 0.6) is 0 Å². The molecule has 1 aromatic carbocycles. The van der Waals surface area contributed by atoms with Crippen molar-refractivity contribution in [3.05, 3.63) is 94.0 Å². The maximum atomic E-state index is 6.45. The predicted octanol–water partition coefficient (Wildman–Crippen LogP) is 6.72. The van der Waals surface area contributed by atoms with Crippen LogP contribution < -0.4 is 10.6 Å². The first-order valence-corrected chi connectivity index (χ1v) is 12.6. The van der Waals surface area contributed by atoms with Crippen LogP contribution in [0.3, 0.4) is 0 Å². The molecule has 0 amide bonds. The zero-order valence-electron chi connectivity index (χ0n) is 21.6. The lowest BCUT2D eigenvalue weighted by molar-refractivity contribution is 0.549. The largest absolute Gasteiger partial charge is 0.437 e. The maximum Gasteiger partial charge on any atom is 0.227 e. The second-order valence-electron chi connectivity index (χ2n) is 10.6. The van der Waals surface area contributed by atoms with E-state index in [-0.39, 0.29) is 11.3 Å². The third-order valence-corrected chi connectivity index (χ3v) is 7.27. The van der Waals surface area contributed by atoms with Crippen LogP contribution in [0.2, 0.25) is 0 Å². The molecule has 3 aromatic heterocycles. The van der Waals surface area contributed by atoms with Gasteiger partial charge >= 0.3 is 0 Å². The highest BCUT2D eigenvalue weighted by atomic mass is 16.3. The van der Waals surface area contributed by atoms with Gasteiger partial charge in [0.25, 0.3) is 0 Å². The zero-order chi connectivity index (χ0) is 24.7.